The van der Waals surface area contributed by atoms with Crippen molar-refractivity contribution >= 4 is 23.6 Å². The van der Waals surface area contributed by atoms with E-state index in [1.54, 1.807) is 13.3 Å². The molecule has 2 rings (SSSR count). The molecule has 1 amide bonds. The van der Waals surface area contributed by atoms with E-state index in [1.165, 1.54) is 16.4 Å². The van der Waals surface area contributed by atoms with Gasteiger partial charge in [0.2, 0.25) is 17.7 Å². The Hall–Kier alpha value is -2.44. The van der Waals surface area contributed by atoms with Crippen LogP contribution in [-0.2, 0) is 16.1 Å². The number of methoxy groups -OCH3 is 1. The van der Waals surface area contributed by atoms with Crippen LogP contribution in [0.4, 0.5) is 5.88 Å². The molecule has 8 nitrogen and oxygen atoms in total. The van der Waals surface area contributed by atoms with Gasteiger partial charge in [-0.15, -0.1) is 0 Å². The van der Waals surface area contributed by atoms with Gasteiger partial charge in [-0.1, -0.05) is 11.8 Å². The molecule has 0 aliphatic rings. The third-order valence-electron chi connectivity index (χ3n) is 3.06. The zero-order valence-electron chi connectivity index (χ0n) is 13.7. The quantitative estimate of drug-likeness (QED) is 0.592. The highest BCUT2D eigenvalue weighted by molar-refractivity contribution is 8.00. The lowest BCUT2D eigenvalue weighted by atomic mass is 10.1. The molecule has 0 aliphatic carbocycles. The maximum Gasteiger partial charge on any atom is 0.302 e. The lowest BCUT2D eigenvalue weighted by Crippen LogP contribution is -2.36. The molecule has 0 spiro atoms. The van der Waals surface area contributed by atoms with Gasteiger partial charge < -0.3 is 4.74 Å². The van der Waals surface area contributed by atoms with Gasteiger partial charge in [-0.3, -0.25) is 14.6 Å². The fourth-order valence-electron chi connectivity index (χ4n) is 1.97. The van der Waals surface area contributed by atoms with Crippen molar-refractivity contribution in [1.82, 2.24) is 10.3 Å². The summed E-state index contributed by atoms with van der Waals surface area (Å²) in [4.78, 5) is 16.3. The second-order valence-corrected chi connectivity index (χ2v) is 6.00. The second kappa shape index (κ2) is 8.42. The summed E-state index contributed by atoms with van der Waals surface area (Å²) >= 11 is 1.21. The minimum Gasteiger partial charge on any atom is -0.378 e. The van der Waals surface area contributed by atoms with Crippen LogP contribution in [0.1, 0.15) is 16.8 Å². The first-order chi connectivity index (χ1) is 11.5. The second-order valence-electron chi connectivity index (χ2n) is 5.03. The van der Waals surface area contributed by atoms with Crippen LogP contribution in [0.2, 0.25) is 0 Å². The van der Waals surface area contributed by atoms with Crippen LogP contribution in [0.15, 0.2) is 21.8 Å². The number of anilines is 1. The molecule has 126 valence electrons. The number of amides is 1. The Morgan fingerprint density at radius 3 is 3.04 bits per heavy atom. The minimum absolute atomic E-state index is 0.114. The Balaban J connectivity index is 1.94. The van der Waals surface area contributed by atoms with Gasteiger partial charge in [-0.05, 0) is 30.2 Å². The molecule has 0 saturated carbocycles. The highest BCUT2D eigenvalue weighted by Gasteiger charge is 2.15. The molecule has 0 aliphatic heterocycles. The topological polar surface area (TPSA) is 105 Å². The Labute approximate surface area is 143 Å². The summed E-state index contributed by atoms with van der Waals surface area (Å²) < 4.78 is 11.5. The van der Waals surface area contributed by atoms with Crippen molar-refractivity contribution in [3.63, 3.8) is 0 Å². The number of aromatic nitrogens is 3. The van der Waals surface area contributed by atoms with Gasteiger partial charge in [-0.25, -0.2) is 4.98 Å². The predicted octanol–water partition coefficient (Wildman–Crippen LogP) is 1.22. The fraction of sp³-hybridized carbons (Fsp3) is 0.400. The Morgan fingerprint density at radius 1 is 1.54 bits per heavy atom. The van der Waals surface area contributed by atoms with E-state index in [1.807, 2.05) is 19.9 Å². The maximum absolute atomic E-state index is 12.0. The van der Waals surface area contributed by atoms with Crippen molar-refractivity contribution in [2.75, 3.05) is 24.8 Å². The van der Waals surface area contributed by atoms with Crippen molar-refractivity contribution in [1.29, 1.82) is 5.26 Å². The van der Waals surface area contributed by atoms with E-state index in [0.29, 0.717) is 23.7 Å². The van der Waals surface area contributed by atoms with E-state index in [9.17, 15) is 10.1 Å². The van der Waals surface area contributed by atoms with Gasteiger partial charge in [0.25, 0.3) is 6.20 Å². The number of thioether (sulfide) groups is 1. The van der Waals surface area contributed by atoms with Crippen LogP contribution in [0.3, 0.4) is 0 Å². The molecule has 0 unspecified atom stereocenters. The van der Waals surface area contributed by atoms with E-state index >= 15 is 0 Å². The minimum atomic E-state index is -0.264. The van der Waals surface area contributed by atoms with Crippen LogP contribution in [0.5, 0.6) is 0 Å². The zero-order valence-corrected chi connectivity index (χ0v) is 14.5. The van der Waals surface area contributed by atoms with Crippen LogP contribution in [-0.4, -0.2) is 35.6 Å². The summed E-state index contributed by atoms with van der Waals surface area (Å²) in [6, 6.07) is 3.97. The molecule has 0 bridgehead atoms. The molecule has 1 N–H and O–H groups in total. The predicted molar refractivity (Wildman–Crippen MR) is 86.4 cm³/mol. The maximum atomic E-state index is 12.0. The van der Waals surface area contributed by atoms with Crippen molar-refractivity contribution < 1.29 is 18.7 Å². The monoisotopic (exact) mass is 348 g/mol. The lowest BCUT2D eigenvalue weighted by Gasteiger charge is -2.06. The number of nitrogens with zero attached hydrogens (tertiary/aromatic N) is 4. The normalized spacial score (nSPS) is 10.4. The van der Waals surface area contributed by atoms with Gasteiger partial charge in [0, 0.05) is 12.8 Å². The first-order valence-electron chi connectivity index (χ1n) is 7.20. The number of nitrogens with one attached hydrogen (secondary N) is 1. The first-order valence-corrected chi connectivity index (χ1v) is 8.18. The number of carbonyl (C=O) groups excluding carboxylic acids is 1. The van der Waals surface area contributed by atoms with Crippen LogP contribution in [0, 0.1) is 25.2 Å². The van der Waals surface area contributed by atoms with Crippen molar-refractivity contribution in [2.45, 2.75) is 25.4 Å². The van der Waals surface area contributed by atoms with Crippen LogP contribution >= 0.6 is 11.8 Å². The Morgan fingerprint density at radius 2 is 2.33 bits per heavy atom. The number of ether oxygens (including phenoxy) is 1. The highest BCUT2D eigenvalue weighted by atomic mass is 32.2. The molecular weight excluding hydrogens is 330 g/mol. The first kappa shape index (κ1) is 17.9. The van der Waals surface area contributed by atoms with Crippen molar-refractivity contribution in [3.8, 4) is 6.07 Å². The van der Waals surface area contributed by atoms with E-state index in [0.717, 1.165) is 11.3 Å². The van der Waals surface area contributed by atoms with E-state index in [-0.39, 0.29) is 17.5 Å². The molecule has 0 atom stereocenters. The molecule has 9 heteroatoms. The van der Waals surface area contributed by atoms with Gasteiger partial charge in [-0.2, -0.15) is 5.26 Å². The molecule has 24 heavy (non-hydrogen) atoms. The average molecular weight is 348 g/mol. The van der Waals surface area contributed by atoms with E-state index < -0.39 is 0 Å². The SMILES string of the molecule is COCC[n+]1cc(NC(=O)CSc2nc(C)cc(C)c2C#N)on1. The summed E-state index contributed by atoms with van der Waals surface area (Å²) in [6.07, 6.45) is 1.58. The number of rotatable bonds is 7. The molecule has 0 aromatic carbocycles. The number of aryl methyl sites for hydroxylation is 2. The molecule has 0 saturated heterocycles. The molecule has 2 aromatic heterocycles. The van der Waals surface area contributed by atoms with Gasteiger partial charge >= 0.3 is 5.88 Å². The smallest absolute Gasteiger partial charge is 0.302 e. The average Bonchev–Trinajstić information content (AvgIpc) is 2.97. The largest absolute Gasteiger partial charge is 0.378 e. The Kier molecular flexibility index (Phi) is 6.28. The van der Waals surface area contributed by atoms with Gasteiger partial charge in [0.15, 0.2) is 0 Å². The standard InChI is InChI=1S/C15H17N5O3S/c1-10-6-11(2)17-15(12(10)7-16)24-9-13(21)18-14-8-20(19-23-14)4-5-22-3/h6,8H,4-5,9H2,1-3H3/p+1. The molecule has 2 heterocycles. The molecule has 2 aromatic rings. The molecular formula is C15H18N5O3S+. The van der Waals surface area contributed by atoms with Crippen molar-refractivity contribution in [2.24, 2.45) is 0 Å². The summed E-state index contributed by atoms with van der Waals surface area (Å²) in [5.74, 6) is 0.106. The third kappa shape index (κ3) is 4.78. The number of hydrogen-bond donors (Lipinski definition) is 1. The third-order valence-corrected chi connectivity index (χ3v) is 4.04. The van der Waals surface area contributed by atoms with Crippen molar-refractivity contribution in [3.05, 3.63) is 29.1 Å². The summed E-state index contributed by atoms with van der Waals surface area (Å²) in [5, 5.41) is 16.2. The van der Waals surface area contributed by atoms with E-state index in [2.05, 4.69) is 21.6 Å². The lowest BCUT2D eigenvalue weighted by molar-refractivity contribution is -0.763. The molecule has 0 radical (unpaired) electrons. The Bertz CT molecular complexity index is 769. The van der Waals surface area contributed by atoms with Gasteiger partial charge in [0.1, 0.15) is 17.7 Å². The number of pyridine rings is 1. The summed E-state index contributed by atoms with van der Waals surface area (Å²) in [5.41, 5.74) is 2.15. The number of nitriles is 1. The van der Waals surface area contributed by atoms with Crippen LogP contribution < -0.4 is 10.00 Å². The zero-order chi connectivity index (χ0) is 17.5. The van der Waals surface area contributed by atoms with Gasteiger partial charge in [0.05, 0.1) is 11.3 Å². The summed E-state index contributed by atoms with van der Waals surface area (Å²) in [7, 11) is 1.59. The highest BCUT2D eigenvalue weighted by Crippen LogP contribution is 2.23. The number of carbonyl (C=O) groups is 1. The fourth-order valence-corrected chi connectivity index (χ4v) is 2.87. The van der Waals surface area contributed by atoms with E-state index in [4.69, 9.17) is 9.26 Å². The molecule has 0 fully saturated rings. The number of hydrogen-bond acceptors (Lipinski definition) is 7. The van der Waals surface area contributed by atoms with Crippen LogP contribution in [0.25, 0.3) is 0 Å². The summed E-state index contributed by atoms with van der Waals surface area (Å²) in [6.45, 7) is 4.73.